The maximum atomic E-state index is 12.9. The summed E-state index contributed by atoms with van der Waals surface area (Å²) in [7, 11) is 0. The zero-order valence-electron chi connectivity index (χ0n) is 52.5. The summed E-state index contributed by atoms with van der Waals surface area (Å²) in [5, 5.41) is 0. The van der Waals surface area contributed by atoms with Crippen LogP contribution < -0.4 is 0 Å². The largest absolute Gasteiger partial charge is 0.462 e. The lowest BCUT2D eigenvalue weighted by molar-refractivity contribution is -0.167. The van der Waals surface area contributed by atoms with Crippen molar-refractivity contribution in [3.8, 4) is 0 Å². The van der Waals surface area contributed by atoms with E-state index >= 15 is 0 Å². The van der Waals surface area contributed by atoms with Crippen LogP contribution in [0, 0.1) is 0 Å². The molecule has 6 heteroatoms. The van der Waals surface area contributed by atoms with Gasteiger partial charge in [0.05, 0.1) is 0 Å². The van der Waals surface area contributed by atoms with Crippen molar-refractivity contribution in [2.45, 2.75) is 380 Å². The first-order valence-electron chi connectivity index (χ1n) is 34.6. The second kappa shape index (κ2) is 66.9. The van der Waals surface area contributed by atoms with Gasteiger partial charge < -0.3 is 14.2 Å². The van der Waals surface area contributed by atoms with Crippen molar-refractivity contribution in [1.82, 2.24) is 0 Å². The quantitative estimate of drug-likeness (QED) is 0.0261. The Bertz CT molecular complexity index is 1350. The molecule has 456 valence electrons. The number of hydrogen-bond acceptors (Lipinski definition) is 6. The molecule has 6 nitrogen and oxygen atoms in total. The minimum atomic E-state index is -0.767. The lowest BCUT2D eigenvalue weighted by atomic mass is 10.0. The first kappa shape index (κ1) is 75.4. The molecule has 0 fully saturated rings. The van der Waals surface area contributed by atoms with Crippen molar-refractivity contribution in [1.29, 1.82) is 0 Å². The molecule has 0 aliphatic rings. The Hall–Kier alpha value is -2.63. The molecule has 0 spiro atoms. The van der Waals surface area contributed by atoms with Gasteiger partial charge in [-0.25, -0.2) is 0 Å². The standard InChI is InChI=1S/C72H132O6/c1-4-7-10-13-16-19-22-25-27-29-30-31-32-33-34-35-36-37-38-39-40-41-42-44-45-47-50-53-56-59-62-65-71(74)77-68-69(67-76-70(73)64-61-58-55-52-49-24-21-18-15-12-9-6-3)78-72(75)66-63-60-57-54-51-48-46-43-28-26-23-20-17-14-11-8-5-2/h7,10,16,19,25,27,30-31,69H,4-6,8-9,11-15,17-18,20-24,26,28-29,32-68H2,1-3H3/b10-7-,19-16-,27-25-,31-30-. The van der Waals surface area contributed by atoms with Crippen molar-refractivity contribution < 1.29 is 28.6 Å². The third-order valence-corrected chi connectivity index (χ3v) is 15.6. The van der Waals surface area contributed by atoms with E-state index in [1.807, 2.05) is 0 Å². The van der Waals surface area contributed by atoms with Gasteiger partial charge in [0.25, 0.3) is 0 Å². The third kappa shape index (κ3) is 64.2. The highest BCUT2D eigenvalue weighted by Crippen LogP contribution is 2.18. The topological polar surface area (TPSA) is 78.9 Å². The van der Waals surface area contributed by atoms with Crippen LogP contribution in [0.1, 0.15) is 374 Å². The van der Waals surface area contributed by atoms with E-state index in [0.717, 1.165) is 83.5 Å². The Morgan fingerprint density at radius 3 is 0.782 bits per heavy atom. The molecule has 0 aromatic heterocycles. The number of ether oxygens (including phenoxy) is 3. The van der Waals surface area contributed by atoms with Gasteiger partial charge >= 0.3 is 17.9 Å². The van der Waals surface area contributed by atoms with Crippen LogP contribution in [-0.2, 0) is 28.6 Å². The normalized spacial score (nSPS) is 12.3. The molecule has 0 saturated carbocycles. The summed E-state index contributed by atoms with van der Waals surface area (Å²) in [6.07, 6.45) is 84.3. The number of hydrogen-bond donors (Lipinski definition) is 0. The maximum Gasteiger partial charge on any atom is 0.306 e. The monoisotopic (exact) mass is 1090 g/mol. The van der Waals surface area contributed by atoms with Gasteiger partial charge in [-0.2, -0.15) is 0 Å². The van der Waals surface area contributed by atoms with Crippen molar-refractivity contribution in [3.05, 3.63) is 48.6 Å². The van der Waals surface area contributed by atoms with Crippen LogP contribution in [-0.4, -0.2) is 37.2 Å². The number of carbonyl (C=O) groups is 3. The molecular formula is C72H132O6. The van der Waals surface area contributed by atoms with E-state index in [2.05, 4.69) is 69.4 Å². The molecule has 0 aromatic carbocycles. The van der Waals surface area contributed by atoms with Crippen LogP contribution in [0.15, 0.2) is 48.6 Å². The summed E-state index contributed by atoms with van der Waals surface area (Å²) in [6.45, 7) is 6.59. The summed E-state index contributed by atoms with van der Waals surface area (Å²) in [5.41, 5.74) is 0. The third-order valence-electron chi connectivity index (χ3n) is 15.6. The predicted octanol–water partition coefficient (Wildman–Crippen LogP) is 23.7. The number of carbonyl (C=O) groups excluding carboxylic acids is 3. The molecule has 0 aliphatic carbocycles. The summed E-state index contributed by atoms with van der Waals surface area (Å²) in [4.78, 5) is 38.3. The van der Waals surface area contributed by atoms with Crippen LogP contribution in [0.3, 0.4) is 0 Å². The molecule has 0 rings (SSSR count). The molecule has 0 N–H and O–H groups in total. The molecule has 0 aliphatic heterocycles. The molecule has 0 radical (unpaired) electrons. The van der Waals surface area contributed by atoms with E-state index in [-0.39, 0.29) is 31.1 Å². The zero-order valence-corrected chi connectivity index (χ0v) is 52.5. The number of rotatable bonds is 64. The van der Waals surface area contributed by atoms with E-state index in [0.29, 0.717) is 19.3 Å². The fourth-order valence-electron chi connectivity index (χ4n) is 10.4. The minimum Gasteiger partial charge on any atom is -0.462 e. The Morgan fingerprint density at radius 1 is 0.269 bits per heavy atom. The summed E-state index contributed by atoms with van der Waals surface area (Å²) < 4.78 is 17.0. The van der Waals surface area contributed by atoms with E-state index in [1.54, 1.807) is 0 Å². The number of esters is 3. The van der Waals surface area contributed by atoms with Crippen LogP contribution >= 0.6 is 0 Å². The van der Waals surface area contributed by atoms with Gasteiger partial charge in [0.1, 0.15) is 13.2 Å². The zero-order chi connectivity index (χ0) is 56.4. The Morgan fingerprint density at radius 2 is 0.500 bits per heavy atom. The Labute approximate surface area is 486 Å². The summed E-state index contributed by atoms with van der Waals surface area (Å²) in [6, 6.07) is 0. The van der Waals surface area contributed by atoms with Gasteiger partial charge in [0.2, 0.25) is 0 Å². The van der Waals surface area contributed by atoms with Crippen molar-refractivity contribution in [2.24, 2.45) is 0 Å². The molecule has 0 amide bonds. The fourth-order valence-corrected chi connectivity index (χ4v) is 10.4. The van der Waals surface area contributed by atoms with Gasteiger partial charge in [-0.1, -0.05) is 345 Å². The van der Waals surface area contributed by atoms with Crippen molar-refractivity contribution in [3.63, 3.8) is 0 Å². The first-order valence-corrected chi connectivity index (χ1v) is 34.6. The highest BCUT2D eigenvalue weighted by atomic mass is 16.6. The lowest BCUT2D eigenvalue weighted by Gasteiger charge is -2.18. The van der Waals surface area contributed by atoms with E-state index in [1.165, 1.54) is 250 Å². The highest BCUT2D eigenvalue weighted by molar-refractivity contribution is 5.71. The van der Waals surface area contributed by atoms with Crippen LogP contribution in [0.5, 0.6) is 0 Å². The molecule has 0 heterocycles. The molecule has 1 atom stereocenters. The molecule has 0 bridgehead atoms. The SMILES string of the molecule is CC/C=C\C/C=C\C/C=C\C/C=C\CCCCCCCCCCCCCCCCCCCCC(=O)OCC(COC(=O)CCCCCCCCCCCCCC)OC(=O)CCCCCCCCCCCCCCCCCCC. The van der Waals surface area contributed by atoms with Crippen molar-refractivity contribution in [2.75, 3.05) is 13.2 Å². The molecular weight excluding hydrogens is 961 g/mol. The Kier molecular flexibility index (Phi) is 64.6. The van der Waals surface area contributed by atoms with E-state index < -0.39 is 6.10 Å². The lowest BCUT2D eigenvalue weighted by Crippen LogP contribution is -2.30. The molecule has 78 heavy (non-hydrogen) atoms. The molecule has 0 aromatic rings. The second-order valence-corrected chi connectivity index (χ2v) is 23.4. The summed E-state index contributed by atoms with van der Waals surface area (Å²) in [5.74, 6) is -0.836. The van der Waals surface area contributed by atoms with Gasteiger partial charge in [-0.15, -0.1) is 0 Å². The van der Waals surface area contributed by atoms with Crippen LogP contribution in [0.4, 0.5) is 0 Å². The number of unbranched alkanes of at least 4 members (excludes halogenated alkanes) is 45. The van der Waals surface area contributed by atoms with Crippen LogP contribution in [0.25, 0.3) is 0 Å². The van der Waals surface area contributed by atoms with Crippen molar-refractivity contribution >= 4 is 17.9 Å². The highest BCUT2D eigenvalue weighted by Gasteiger charge is 2.19. The maximum absolute atomic E-state index is 12.9. The van der Waals surface area contributed by atoms with E-state index in [9.17, 15) is 14.4 Å². The van der Waals surface area contributed by atoms with Gasteiger partial charge in [-0.3, -0.25) is 14.4 Å². The fraction of sp³-hybridized carbons (Fsp3) is 0.847. The smallest absolute Gasteiger partial charge is 0.306 e. The second-order valence-electron chi connectivity index (χ2n) is 23.4. The molecule has 0 saturated heterocycles. The van der Waals surface area contributed by atoms with Gasteiger partial charge in [-0.05, 0) is 57.8 Å². The van der Waals surface area contributed by atoms with Gasteiger partial charge in [0.15, 0.2) is 6.10 Å². The number of allylic oxidation sites excluding steroid dienone is 8. The van der Waals surface area contributed by atoms with Gasteiger partial charge in [0, 0.05) is 19.3 Å². The Balaban J connectivity index is 4.13. The average Bonchev–Trinajstić information content (AvgIpc) is 3.44. The predicted molar refractivity (Wildman–Crippen MR) is 339 cm³/mol. The van der Waals surface area contributed by atoms with Crippen LogP contribution in [0.2, 0.25) is 0 Å². The summed E-state index contributed by atoms with van der Waals surface area (Å²) >= 11 is 0. The first-order chi connectivity index (χ1) is 38.5. The van der Waals surface area contributed by atoms with E-state index in [4.69, 9.17) is 14.2 Å². The molecule has 1 unspecified atom stereocenters. The minimum absolute atomic E-state index is 0.0650. The average molecular weight is 1090 g/mol.